The summed E-state index contributed by atoms with van der Waals surface area (Å²) < 4.78 is 33.5. The van der Waals surface area contributed by atoms with Crippen LogP contribution in [-0.4, -0.2) is 32.3 Å². The number of piperidine rings is 1. The molecule has 3 rings (SSSR count). The predicted molar refractivity (Wildman–Crippen MR) is 108 cm³/mol. The first-order valence-corrected chi connectivity index (χ1v) is 10.7. The fraction of sp³-hybridized carbons (Fsp3) is 0.318. The van der Waals surface area contributed by atoms with Crippen LogP contribution in [0.15, 0.2) is 72.1 Å². The van der Waals surface area contributed by atoms with Crippen molar-refractivity contribution in [3.05, 3.63) is 78.4 Å². The van der Waals surface area contributed by atoms with E-state index in [9.17, 15) is 13.2 Å². The molecule has 2 aromatic rings. The topological polar surface area (TPSA) is 63.7 Å². The molecule has 148 valence electrons. The third-order valence-electron chi connectivity index (χ3n) is 5.27. The van der Waals surface area contributed by atoms with Crippen LogP contribution in [0.4, 0.5) is 0 Å². The van der Waals surface area contributed by atoms with Crippen molar-refractivity contribution >= 4 is 16.0 Å². The number of aryl methyl sites for hydroxylation is 1. The maximum absolute atomic E-state index is 13.5. The quantitative estimate of drug-likeness (QED) is 0.568. The van der Waals surface area contributed by atoms with Gasteiger partial charge in [-0.05, 0) is 37.0 Å². The first-order valence-electron chi connectivity index (χ1n) is 9.22. The highest BCUT2D eigenvalue weighted by Crippen LogP contribution is 2.42. The van der Waals surface area contributed by atoms with Gasteiger partial charge >= 0.3 is 5.97 Å². The third kappa shape index (κ3) is 3.88. The monoisotopic (exact) mass is 399 g/mol. The standard InChI is InChI=1S/C22H25NO4S/c1-4-17-14-20(22(24)27-3)21(18-8-6-5-7-9-18)23(15-17)28(25,26)19-12-10-16(2)11-13-19/h4-13,17,20-21H,1,14-15H2,2-3H3/t17-,20+,21+/m0/s1. The molecule has 3 atom stereocenters. The van der Waals surface area contributed by atoms with Crippen molar-refractivity contribution in [1.82, 2.24) is 4.31 Å². The lowest BCUT2D eigenvalue weighted by atomic mass is 9.81. The minimum Gasteiger partial charge on any atom is -0.469 e. The second kappa shape index (κ2) is 8.29. The average molecular weight is 400 g/mol. The molecule has 0 amide bonds. The van der Waals surface area contributed by atoms with Gasteiger partial charge < -0.3 is 4.74 Å². The zero-order chi connectivity index (χ0) is 20.3. The summed E-state index contributed by atoms with van der Waals surface area (Å²) in [5.41, 5.74) is 1.75. The number of ether oxygens (including phenoxy) is 1. The molecule has 0 bridgehead atoms. The fourth-order valence-corrected chi connectivity index (χ4v) is 5.47. The van der Waals surface area contributed by atoms with E-state index in [1.807, 2.05) is 37.3 Å². The van der Waals surface area contributed by atoms with Crippen molar-refractivity contribution in [3.8, 4) is 0 Å². The van der Waals surface area contributed by atoms with Crippen LogP contribution in [0.2, 0.25) is 0 Å². The summed E-state index contributed by atoms with van der Waals surface area (Å²) in [4.78, 5) is 12.8. The highest BCUT2D eigenvalue weighted by atomic mass is 32.2. The smallest absolute Gasteiger partial charge is 0.310 e. The Labute approximate surface area is 166 Å². The molecule has 1 fully saturated rings. The summed E-state index contributed by atoms with van der Waals surface area (Å²) in [5, 5.41) is 0. The Kier molecular flexibility index (Phi) is 6.01. The van der Waals surface area contributed by atoms with Crippen LogP contribution in [0, 0.1) is 18.8 Å². The molecular formula is C22H25NO4S. The Morgan fingerprint density at radius 1 is 1.14 bits per heavy atom. The van der Waals surface area contributed by atoms with Crippen LogP contribution in [0.5, 0.6) is 0 Å². The van der Waals surface area contributed by atoms with Crippen LogP contribution < -0.4 is 0 Å². The average Bonchev–Trinajstić information content (AvgIpc) is 2.73. The second-order valence-corrected chi connectivity index (χ2v) is 8.99. The van der Waals surface area contributed by atoms with Gasteiger partial charge in [-0.1, -0.05) is 54.1 Å². The molecule has 5 nitrogen and oxygen atoms in total. The lowest BCUT2D eigenvalue weighted by molar-refractivity contribution is -0.149. The van der Waals surface area contributed by atoms with Crippen LogP contribution in [0.3, 0.4) is 0 Å². The predicted octanol–water partition coefficient (Wildman–Crippen LogP) is 3.72. The van der Waals surface area contributed by atoms with Gasteiger partial charge in [0.2, 0.25) is 10.0 Å². The van der Waals surface area contributed by atoms with E-state index in [0.717, 1.165) is 11.1 Å². The first-order chi connectivity index (χ1) is 13.4. The maximum atomic E-state index is 13.5. The van der Waals surface area contributed by atoms with E-state index in [-0.39, 0.29) is 17.4 Å². The number of benzene rings is 2. The van der Waals surface area contributed by atoms with Gasteiger partial charge in [0.15, 0.2) is 0 Å². The Balaban J connectivity index is 2.14. The van der Waals surface area contributed by atoms with E-state index in [1.165, 1.54) is 11.4 Å². The molecule has 0 unspecified atom stereocenters. The first kappa shape index (κ1) is 20.3. The van der Waals surface area contributed by atoms with Crippen LogP contribution >= 0.6 is 0 Å². The molecular weight excluding hydrogens is 374 g/mol. The van der Waals surface area contributed by atoms with Crippen molar-refractivity contribution < 1.29 is 17.9 Å². The SMILES string of the molecule is C=C[C@H]1C[C@@H](C(=O)OC)[C@@H](c2ccccc2)N(S(=O)(=O)c2ccc(C)cc2)C1. The normalized spacial score (nSPS) is 23.1. The van der Waals surface area contributed by atoms with Crippen LogP contribution in [0.1, 0.15) is 23.6 Å². The van der Waals surface area contributed by atoms with E-state index in [1.54, 1.807) is 30.3 Å². The molecule has 1 aliphatic rings. The maximum Gasteiger partial charge on any atom is 0.310 e. The van der Waals surface area contributed by atoms with Gasteiger partial charge in [-0.2, -0.15) is 4.31 Å². The minimum atomic E-state index is -3.82. The number of rotatable bonds is 5. The molecule has 0 N–H and O–H groups in total. The Hall–Kier alpha value is -2.44. The number of sulfonamides is 1. The van der Waals surface area contributed by atoms with Crippen molar-refractivity contribution in [2.45, 2.75) is 24.3 Å². The van der Waals surface area contributed by atoms with E-state index < -0.39 is 28.0 Å². The molecule has 0 radical (unpaired) electrons. The highest BCUT2D eigenvalue weighted by molar-refractivity contribution is 7.89. The molecule has 2 aromatic carbocycles. The zero-order valence-corrected chi connectivity index (χ0v) is 16.9. The minimum absolute atomic E-state index is 0.135. The molecule has 1 aliphatic heterocycles. The van der Waals surface area contributed by atoms with E-state index >= 15 is 0 Å². The Bertz CT molecular complexity index is 938. The van der Waals surface area contributed by atoms with Gasteiger partial charge in [0.05, 0.1) is 24.0 Å². The molecule has 0 aliphatic carbocycles. The number of carbonyl (C=O) groups excluding carboxylic acids is 1. The van der Waals surface area contributed by atoms with Gasteiger partial charge in [0, 0.05) is 6.54 Å². The van der Waals surface area contributed by atoms with Crippen LogP contribution in [-0.2, 0) is 19.6 Å². The second-order valence-electron chi connectivity index (χ2n) is 7.10. The van der Waals surface area contributed by atoms with Crippen molar-refractivity contribution in [2.75, 3.05) is 13.7 Å². The third-order valence-corrected chi connectivity index (χ3v) is 7.13. The summed E-state index contributed by atoms with van der Waals surface area (Å²) >= 11 is 0. The summed E-state index contributed by atoms with van der Waals surface area (Å²) in [5.74, 6) is -1.15. The molecule has 1 heterocycles. The summed E-state index contributed by atoms with van der Waals surface area (Å²) in [7, 11) is -2.48. The van der Waals surface area contributed by atoms with E-state index in [4.69, 9.17) is 4.74 Å². The van der Waals surface area contributed by atoms with Crippen molar-refractivity contribution in [1.29, 1.82) is 0 Å². The number of hydrogen-bond acceptors (Lipinski definition) is 4. The van der Waals surface area contributed by atoms with Gasteiger partial charge in [-0.3, -0.25) is 4.79 Å². The zero-order valence-electron chi connectivity index (χ0n) is 16.1. The van der Waals surface area contributed by atoms with Crippen molar-refractivity contribution in [3.63, 3.8) is 0 Å². The summed E-state index contributed by atoms with van der Waals surface area (Å²) in [6.07, 6.45) is 2.21. The fourth-order valence-electron chi connectivity index (χ4n) is 3.76. The number of esters is 1. The molecule has 0 aromatic heterocycles. The number of hydrogen-bond donors (Lipinski definition) is 0. The van der Waals surface area contributed by atoms with Crippen LogP contribution in [0.25, 0.3) is 0 Å². The molecule has 6 heteroatoms. The molecule has 0 spiro atoms. The van der Waals surface area contributed by atoms with E-state index in [2.05, 4.69) is 6.58 Å². The molecule has 1 saturated heterocycles. The van der Waals surface area contributed by atoms with E-state index in [0.29, 0.717) is 6.42 Å². The highest BCUT2D eigenvalue weighted by Gasteiger charge is 2.46. The largest absolute Gasteiger partial charge is 0.469 e. The number of carbonyl (C=O) groups is 1. The number of nitrogens with zero attached hydrogens (tertiary/aromatic N) is 1. The summed E-state index contributed by atoms with van der Waals surface area (Å²) in [6.45, 7) is 6.01. The lowest BCUT2D eigenvalue weighted by Gasteiger charge is -2.42. The van der Waals surface area contributed by atoms with Gasteiger partial charge in [0.25, 0.3) is 0 Å². The lowest BCUT2D eigenvalue weighted by Crippen LogP contribution is -2.48. The van der Waals surface area contributed by atoms with Gasteiger partial charge in [-0.15, -0.1) is 6.58 Å². The number of methoxy groups -OCH3 is 1. The van der Waals surface area contributed by atoms with Crippen molar-refractivity contribution in [2.24, 2.45) is 11.8 Å². The summed E-state index contributed by atoms with van der Waals surface area (Å²) in [6, 6.07) is 15.4. The molecule has 0 saturated carbocycles. The van der Waals surface area contributed by atoms with Gasteiger partial charge in [-0.25, -0.2) is 8.42 Å². The molecule has 28 heavy (non-hydrogen) atoms. The Morgan fingerprint density at radius 3 is 2.36 bits per heavy atom. The Morgan fingerprint density at radius 2 is 1.79 bits per heavy atom. The van der Waals surface area contributed by atoms with Gasteiger partial charge in [0.1, 0.15) is 0 Å².